The lowest BCUT2D eigenvalue weighted by atomic mass is 10.1. The van der Waals surface area contributed by atoms with E-state index < -0.39 is 5.82 Å². The summed E-state index contributed by atoms with van der Waals surface area (Å²) < 4.78 is 19.7. The first-order valence-electron chi connectivity index (χ1n) is 10.4. The van der Waals surface area contributed by atoms with E-state index in [1.807, 2.05) is 24.4 Å². The minimum atomic E-state index is -0.403. The van der Waals surface area contributed by atoms with Crippen LogP contribution in [0.3, 0.4) is 0 Å². The molecule has 0 bridgehead atoms. The van der Waals surface area contributed by atoms with Crippen LogP contribution in [0.2, 0.25) is 0 Å². The van der Waals surface area contributed by atoms with Gasteiger partial charge in [-0.05, 0) is 37.1 Å². The van der Waals surface area contributed by atoms with Gasteiger partial charge in [0.15, 0.2) is 11.6 Å². The van der Waals surface area contributed by atoms with Crippen molar-refractivity contribution < 1.29 is 14.2 Å². The van der Waals surface area contributed by atoms with E-state index in [2.05, 4.69) is 14.8 Å². The van der Waals surface area contributed by atoms with Gasteiger partial charge in [-0.15, -0.1) is 0 Å². The van der Waals surface area contributed by atoms with Crippen molar-refractivity contribution >= 4 is 22.4 Å². The minimum Gasteiger partial charge on any atom is -0.494 e. The average molecular weight is 408 g/mol. The zero-order valence-electron chi connectivity index (χ0n) is 17.0. The van der Waals surface area contributed by atoms with E-state index in [1.54, 1.807) is 6.07 Å². The van der Waals surface area contributed by atoms with Crippen molar-refractivity contribution in [2.24, 2.45) is 5.92 Å². The number of fused-ring (bicyclic) bond motifs is 1. The maximum atomic E-state index is 14.5. The lowest BCUT2D eigenvalue weighted by Gasteiger charge is -2.31. The second-order valence-corrected chi connectivity index (χ2v) is 8.06. The molecular formula is C23H25FN4O2. The Bertz CT molecular complexity index is 1070. The molecule has 1 N–H and O–H groups in total. The Morgan fingerprint density at radius 3 is 2.67 bits per heavy atom. The van der Waals surface area contributed by atoms with Gasteiger partial charge in [0.2, 0.25) is 0 Å². The monoisotopic (exact) mass is 408 g/mol. The summed E-state index contributed by atoms with van der Waals surface area (Å²) >= 11 is 0. The molecule has 3 aromatic rings. The summed E-state index contributed by atoms with van der Waals surface area (Å²) in [6.45, 7) is 3.84. The first-order valence-corrected chi connectivity index (χ1v) is 10.4. The molecule has 2 fully saturated rings. The highest BCUT2D eigenvalue weighted by molar-refractivity contribution is 5.95. The number of methoxy groups -OCH3 is 1. The van der Waals surface area contributed by atoms with Crippen LogP contribution in [0, 0.1) is 11.7 Å². The third kappa shape index (κ3) is 3.33. The summed E-state index contributed by atoms with van der Waals surface area (Å²) in [6.07, 6.45) is 3.98. The van der Waals surface area contributed by atoms with Crippen molar-refractivity contribution in [3.8, 4) is 17.0 Å². The topological polar surface area (TPSA) is 61.7 Å². The van der Waals surface area contributed by atoms with Gasteiger partial charge in [0.25, 0.3) is 0 Å². The SMILES string of the molecule is COc1cc2nc(-c3ccc(N4CCC4)nc3)cc(N3CCC(CO)C3)c2cc1F. The van der Waals surface area contributed by atoms with Crippen LogP contribution in [-0.2, 0) is 0 Å². The number of hydrogen-bond donors (Lipinski definition) is 1. The average Bonchev–Trinajstić information content (AvgIpc) is 3.21. The third-order valence-electron chi connectivity index (χ3n) is 6.17. The largest absolute Gasteiger partial charge is 0.494 e. The van der Waals surface area contributed by atoms with E-state index in [4.69, 9.17) is 9.72 Å². The van der Waals surface area contributed by atoms with E-state index in [0.717, 1.165) is 60.7 Å². The molecule has 2 aliphatic heterocycles. The van der Waals surface area contributed by atoms with Gasteiger partial charge < -0.3 is 19.6 Å². The van der Waals surface area contributed by atoms with Crippen LogP contribution < -0.4 is 14.5 Å². The summed E-state index contributed by atoms with van der Waals surface area (Å²) in [7, 11) is 1.46. The molecule has 4 heterocycles. The molecule has 6 nitrogen and oxygen atoms in total. The number of halogens is 1. The Labute approximate surface area is 174 Å². The van der Waals surface area contributed by atoms with Crippen LogP contribution in [-0.4, -0.2) is 55.0 Å². The fourth-order valence-electron chi connectivity index (χ4n) is 4.25. The van der Waals surface area contributed by atoms with Crippen molar-refractivity contribution in [1.82, 2.24) is 9.97 Å². The Morgan fingerprint density at radius 2 is 2.03 bits per heavy atom. The standard InChI is InChI=1S/C23H25FN4O2/c1-30-22-11-20-17(9-18(22)24)21(28-8-5-15(13-28)14-29)10-19(26-20)16-3-4-23(25-12-16)27-6-2-7-27/h3-4,9-12,15,29H,2,5-8,13-14H2,1H3. The van der Waals surface area contributed by atoms with Crippen LogP contribution in [0.1, 0.15) is 12.8 Å². The van der Waals surface area contributed by atoms with Crippen molar-refractivity contribution in [2.45, 2.75) is 12.8 Å². The number of anilines is 2. The molecule has 1 unspecified atom stereocenters. The molecule has 2 aromatic heterocycles. The Kier molecular flexibility index (Phi) is 4.90. The lowest BCUT2D eigenvalue weighted by Crippen LogP contribution is -2.37. The summed E-state index contributed by atoms with van der Waals surface area (Å²) in [5, 5.41) is 10.3. The Balaban J connectivity index is 1.60. The number of pyridine rings is 2. The van der Waals surface area contributed by atoms with Crippen LogP contribution in [0.5, 0.6) is 5.75 Å². The van der Waals surface area contributed by atoms with Gasteiger partial charge in [0, 0.05) is 67.6 Å². The summed E-state index contributed by atoms with van der Waals surface area (Å²) in [4.78, 5) is 13.9. The number of rotatable bonds is 5. The number of aliphatic hydroxyl groups excluding tert-OH is 1. The summed E-state index contributed by atoms with van der Waals surface area (Å²) in [6, 6.07) is 9.23. The number of ether oxygens (including phenoxy) is 1. The molecule has 0 saturated carbocycles. The minimum absolute atomic E-state index is 0.163. The highest BCUT2D eigenvalue weighted by Crippen LogP contribution is 2.36. The zero-order chi connectivity index (χ0) is 20.7. The molecule has 0 aliphatic carbocycles. The highest BCUT2D eigenvalue weighted by atomic mass is 19.1. The van der Waals surface area contributed by atoms with Gasteiger partial charge in [-0.25, -0.2) is 14.4 Å². The van der Waals surface area contributed by atoms with Crippen LogP contribution in [0.4, 0.5) is 15.9 Å². The molecule has 2 saturated heterocycles. The Morgan fingerprint density at radius 1 is 1.17 bits per heavy atom. The first kappa shape index (κ1) is 19.1. The highest BCUT2D eigenvalue weighted by Gasteiger charge is 2.25. The van der Waals surface area contributed by atoms with E-state index in [0.29, 0.717) is 5.52 Å². The molecule has 0 spiro atoms. The molecule has 0 radical (unpaired) electrons. The third-order valence-corrected chi connectivity index (χ3v) is 6.17. The second kappa shape index (κ2) is 7.72. The predicted octanol–water partition coefficient (Wildman–Crippen LogP) is 3.47. The number of benzene rings is 1. The fraction of sp³-hybridized carbons (Fsp3) is 0.391. The molecular weight excluding hydrogens is 383 g/mol. The zero-order valence-corrected chi connectivity index (χ0v) is 17.0. The van der Waals surface area contributed by atoms with Gasteiger partial charge in [-0.2, -0.15) is 0 Å². The van der Waals surface area contributed by atoms with Crippen LogP contribution in [0.15, 0.2) is 36.5 Å². The molecule has 0 amide bonds. The molecule has 7 heteroatoms. The van der Waals surface area contributed by atoms with Crippen molar-refractivity contribution in [2.75, 3.05) is 49.7 Å². The normalized spacial score (nSPS) is 18.7. The van der Waals surface area contributed by atoms with E-state index in [-0.39, 0.29) is 18.3 Å². The van der Waals surface area contributed by atoms with E-state index in [9.17, 15) is 9.50 Å². The Hall–Kier alpha value is -2.93. The fourth-order valence-corrected chi connectivity index (χ4v) is 4.25. The first-order chi connectivity index (χ1) is 14.7. The van der Waals surface area contributed by atoms with Gasteiger partial charge in [0.1, 0.15) is 5.82 Å². The number of aliphatic hydroxyl groups is 1. The quantitative estimate of drug-likeness (QED) is 0.698. The molecule has 5 rings (SSSR count). The van der Waals surface area contributed by atoms with Crippen LogP contribution >= 0.6 is 0 Å². The van der Waals surface area contributed by atoms with E-state index in [1.165, 1.54) is 19.6 Å². The summed E-state index contributed by atoms with van der Waals surface area (Å²) in [5.41, 5.74) is 3.32. The van der Waals surface area contributed by atoms with Gasteiger partial charge in [-0.3, -0.25) is 0 Å². The van der Waals surface area contributed by atoms with Crippen molar-refractivity contribution in [1.29, 1.82) is 0 Å². The number of nitrogens with zero attached hydrogens (tertiary/aromatic N) is 4. The van der Waals surface area contributed by atoms with Crippen molar-refractivity contribution in [3.05, 3.63) is 42.3 Å². The van der Waals surface area contributed by atoms with Gasteiger partial charge >= 0.3 is 0 Å². The number of hydrogen-bond acceptors (Lipinski definition) is 6. The number of aromatic nitrogens is 2. The maximum absolute atomic E-state index is 14.5. The molecule has 2 aliphatic rings. The van der Waals surface area contributed by atoms with Crippen molar-refractivity contribution in [3.63, 3.8) is 0 Å². The predicted molar refractivity (Wildman–Crippen MR) is 116 cm³/mol. The molecule has 1 aromatic carbocycles. The molecule has 1 atom stereocenters. The molecule has 30 heavy (non-hydrogen) atoms. The maximum Gasteiger partial charge on any atom is 0.165 e. The van der Waals surface area contributed by atoms with Crippen LogP contribution in [0.25, 0.3) is 22.2 Å². The van der Waals surface area contributed by atoms with E-state index >= 15 is 0 Å². The second-order valence-electron chi connectivity index (χ2n) is 8.06. The van der Waals surface area contributed by atoms with Gasteiger partial charge in [-0.1, -0.05) is 0 Å². The summed E-state index contributed by atoms with van der Waals surface area (Å²) in [5.74, 6) is 0.996. The molecule has 156 valence electrons. The smallest absolute Gasteiger partial charge is 0.165 e. The lowest BCUT2D eigenvalue weighted by molar-refractivity contribution is 0.238. The van der Waals surface area contributed by atoms with Gasteiger partial charge in [0.05, 0.1) is 18.3 Å².